The number of rotatable bonds is 10. The lowest BCUT2D eigenvalue weighted by Gasteiger charge is -2.25. The molecule has 65 heavy (non-hydrogen) atoms. The van der Waals surface area contributed by atoms with Crippen molar-refractivity contribution in [3.05, 3.63) is 78.9 Å². The number of ether oxygens (including phenoxy) is 2. The summed E-state index contributed by atoms with van der Waals surface area (Å²) in [6, 6.07) is -0.262. The number of anilines is 2. The fourth-order valence-electron chi connectivity index (χ4n) is 9.10. The number of carboxylic acids is 1. The molecule has 0 bridgehead atoms. The highest BCUT2D eigenvalue weighted by molar-refractivity contribution is 5.97. The lowest BCUT2D eigenvalue weighted by Crippen LogP contribution is -2.43. The minimum atomic E-state index is -1.45. The number of carboxylic acid groups (broad SMARTS) is 1. The highest BCUT2D eigenvalue weighted by Gasteiger charge is 2.43. The number of alkyl halides is 4. The lowest BCUT2D eigenvalue weighted by molar-refractivity contribution is 0.0491. The number of esters is 1. The predicted molar refractivity (Wildman–Crippen MR) is 230 cm³/mol. The van der Waals surface area contributed by atoms with Gasteiger partial charge in [-0.25, -0.2) is 31.9 Å². The molecule has 4 aromatic rings. The number of carbonyl (C=O) groups excluding carboxylic acids is 2. The van der Waals surface area contributed by atoms with E-state index < -0.39 is 113 Å². The number of amides is 1. The van der Waals surface area contributed by atoms with Crippen LogP contribution in [0.2, 0.25) is 0 Å². The number of hydrogen-bond donors (Lipinski definition) is 3. The van der Waals surface area contributed by atoms with Crippen molar-refractivity contribution in [3.8, 4) is 0 Å². The number of nitrogens with one attached hydrogen (secondary N) is 1. The molecule has 2 saturated carbocycles. The minimum Gasteiger partial charge on any atom is -0.477 e. The third-order valence-electron chi connectivity index (χ3n) is 12.4. The van der Waals surface area contributed by atoms with Crippen molar-refractivity contribution in [1.29, 1.82) is 0 Å². The summed E-state index contributed by atoms with van der Waals surface area (Å²) in [6.07, 6.45) is -0.218. The molecule has 2 aromatic carbocycles. The minimum absolute atomic E-state index is 0.0427. The summed E-state index contributed by atoms with van der Waals surface area (Å²) >= 11 is 0. The van der Waals surface area contributed by atoms with Gasteiger partial charge in [0.05, 0.1) is 60.5 Å². The Hall–Kier alpha value is -5.79. The van der Waals surface area contributed by atoms with Crippen LogP contribution in [0.25, 0.3) is 21.8 Å². The smallest absolute Gasteiger partial charge is 0.407 e. The summed E-state index contributed by atoms with van der Waals surface area (Å²) in [5.74, 6) is -4.80. The van der Waals surface area contributed by atoms with E-state index in [1.807, 2.05) is 0 Å². The zero-order chi connectivity index (χ0) is 47.6. The van der Waals surface area contributed by atoms with E-state index in [4.69, 9.17) is 15.2 Å². The van der Waals surface area contributed by atoms with Gasteiger partial charge in [0, 0.05) is 80.1 Å². The maximum atomic E-state index is 15.6. The van der Waals surface area contributed by atoms with Gasteiger partial charge in [0.2, 0.25) is 10.9 Å². The van der Waals surface area contributed by atoms with E-state index in [9.17, 15) is 51.0 Å². The number of aromatic nitrogens is 2. The van der Waals surface area contributed by atoms with Crippen LogP contribution in [0.15, 0.2) is 34.1 Å². The summed E-state index contributed by atoms with van der Waals surface area (Å²) in [5, 5.41) is 11.8. The first-order chi connectivity index (χ1) is 30.6. The number of nitrogens with two attached hydrogens (primary N) is 1. The fourth-order valence-corrected chi connectivity index (χ4v) is 9.10. The standard InChI is InChI=1S/C26H32F3N3O5.C19H20F3N3O3/c1-6-36-24(34)16-11-32(20-8-17(20)28)21-13(2)22(18(29)7-15(21)23(16)33)31-10-14(9-27)19(12-31)30-25(35)37-26(3,4)5;1-8-16-10(2-13(22)17(8)24-5-9(4-20)14(23)7-24)18(26)11(19(27)28)6-25(16)15-3-12(15)21/h7,11,14,17,19-20H,6,8-10,12H2,1-5H3,(H,30,35);2,6,9,12,14-15H,3-5,7,23H2,1H3,(H,27,28)/t14-,17-,19+,20+;9-,12-,14+,15+/m00/s1. The quantitative estimate of drug-likeness (QED) is 0.119. The first kappa shape index (κ1) is 47.2. The van der Waals surface area contributed by atoms with Crippen LogP contribution < -0.4 is 31.7 Å². The number of aromatic carboxylic acids is 1. The zero-order valence-electron chi connectivity index (χ0n) is 36.7. The van der Waals surface area contributed by atoms with E-state index in [1.165, 1.54) is 15.3 Å². The third-order valence-corrected chi connectivity index (χ3v) is 12.4. The Labute approximate surface area is 369 Å². The highest BCUT2D eigenvalue weighted by atomic mass is 19.2. The second-order valence-electron chi connectivity index (χ2n) is 18.2. The van der Waals surface area contributed by atoms with Crippen molar-refractivity contribution in [2.45, 2.75) is 96.5 Å². The summed E-state index contributed by atoms with van der Waals surface area (Å²) in [7, 11) is 0. The molecule has 8 atom stereocenters. The van der Waals surface area contributed by atoms with Gasteiger partial charge >= 0.3 is 18.0 Å². The monoisotopic (exact) mass is 918 g/mol. The summed E-state index contributed by atoms with van der Waals surface area (Å²) in [4.78, 5) is 65.1. The molecule has 2 saturated heterocycles. The number of nitrogens with zero attached hydrogens (tertiary/aromatic N) is 4. The van der Waals surface area contributed by atoms with E-state index in [0.717, 1.165) is 18.3 Å². The Kier molecular flexibility index (Phi) is 13.0. The van der Waals surface area contributed by atoms with Gasteiger partial charge in [-0.1, -0.05) is 0 Å². The molecule has 1 amide bonds. The number of benzene rings is 2. The van der Waals surface area contributed by atoms with Gasteiger partial charge in [-0.3, -0.25) is 18.4 Å². The molecule has 0 unspecified atom stereocenters. The summed E-state index contributed by atoms with van der Waals surface area (Å²) in [5.41, 5.74) is 4.52. The summed E-state index contributed by atoms with van der Waals surface area (Å²) in [6.45, 7) is 9.31. The van der Waals surface area contributed by atoms with Crippen molar-refractivity contribution in [1.82, 2.24) is 14.5 Å². The van der Waals surface area contributed by atoms with E-state index >= 15 is 4.39 Å². The average Bonchev–Trinajstić information content (AvgIpc) is 4.05. The first-order valence-electron chi connectivity index (χ1n) is 21.4. The van der Waals surface area contributed by atoms with E-state index in [0.29, 0.717) is 22.2 Å². The molecular formula is C45H52F6N6O8. The molecule has 352 valence electrons. The van der Waals surface area contributed by atoms with Crippen LogP contribution in [-0.4, -0.2) is 108 Å². The van der Waals surface area contributed by atoms with Gasteiger partial charge in [-0.05, 0) is 64.8 Å². The van der Waals surface area contributed by atoms with E-state index in [2.05, 4.69) is 5.32 Å². The van der Waals surface area contributed by atoms with Crippen LogP contribution in [0.4, 0.5) is 42.5 Å². The normalized spacial score (nSPS) is 24.8. The molecule has 4 heterocycles. The Morgan fingerprint density at radius 1 is 0.800 bits per heavy atom. The summed E-state index contributed by atoms with van der Waals surface area (Å²) < 4.78 is 98.7. The molecular weight excluding hydrogens is 867 g/mol. The number of alkyl carbamates (subject to hydrolysis) is 1. The second kappa shape index (κ2) is 17.9. The molecule has 2 aliphatic heterocycles. The number of aryl methyl sites for hydroxylation is 2. The van der Waals surface area contributed by atoms with E-state index in [-0.39, 0.29) is 73.3 Å². The van der Waals surface area contributed by atoms with Crippen LogP contribution >= 0.6 is 0 Å². The molecule has 0 radical (unpaired) electrons. The van der Waals surface area contributed by atoms with Gasteiger partial charge in [-0.15, -0.1) is 0 Å². The largest absolute Gasteiger partial charge is 0.477 e. The fraction of sp³-hybridized carbons (Fsp3) is 0.533. The molecule has 0 spiro atoms. The molecule has 2 aromatic heterocycles. The van der Waals surface area contributed by atoms with Crippen LogP contribution in [0.5, 0.6) is 0 Å². The second-order valence-corrected chi connectivity index (χ2v) is 18.2. The Balaban J connectivity index is 0.000000201. The van der Waals surface area contributed by atoms with Crippen LogP contribution in [0.1, 0.15) is 84.5 Å². The van der Waals surface area contributed by atoms with Crippen molar-refractivity contribution in [2.24, 2.45) is 17.6 Å². The molecule has 4 fully saturated rings. The van der Waals surface area contributed by atoms with E-state index in [1.54, 1.807) is 51.3 Å². The van der Waals surface area contributed by atoms with Gasteiger partial charge in [-0.2, -0.15) is 0 Å². The van der Waals surface area contributed by atoms with Crippen LogP contribution in [0.3, 0.4) is 0 Å². The van der Waals surface area contributed by atoms with Gasteiger partial charge in [0.15, 0.2) is 0 Å². The van der Waals surface area contributed by atoms with Gasteiger partial charge in [0.1, 0.15) is 40.7 Å². The number of carbonyl (C=O) groups is 3. The van der Waals surface area contributed by atoms with Gasteiger partial charge < -0.3 is 44.6 Å². The molecule has 2 aliphatic carbocycles. The maximum absolute atomic E-state index is 15.6. The maximum Gasteiger partial charge on any atom is 0.407 e. The average molecular weight is 919 g/mol. The highest BCUT2D eigenvalue weighted by Crippen LogP contribution is 2.44. The third kappa shape index (κ3) is 9.09. The number of halogens is 6. The lowest BCUT2D eigenvalue weighted by atomic mass is 10.0. The molecule has 14 nitrogen and oxygen atoms in total. The van der Waals surface area contributed by atoms with Crippen molar-refractivity contribution in [3.63, 3.8) is 0 Å². The number of pyridine rings is 2. The van der Waals surface area contributed by atoms with Crippen molar-refractivity contribution in [2.75, 3.05) is 55.9 Å². The molecule has 4 aliphatic rings. The SMILES string of the molecule is CCOC(=O)c1cn([C@@H]2C[C@@H]2F)c2c(C)c(N3C[C@H](CF)[C@H](NC(=O)OC(C)(C)C)C3)c(F)cc2c1=O.Cc1c(N2C[C@H](CF)[C@H](N)C2)c(F)cc2c(=O)c(C(=O)O)cn([C@@H]3C[C@@H]3F)c12. The Morgan fingerprint density at radius 3 is 1.69 bits per heavy atom. The molecule has 20 heteroatoms. The predicted octanol–water partition coefficient (Wildman–Crippen LogP) is 6.37. The molecule has 8 rings (SSSR count). The molecule has 4 N–H and O–H groups in total. The number of fused-ring (bicyclic) bond motifs is 2. The van der Waals surface area contributed by atoms with Crippen molar-refractivity contribution < 1.29 is 55.3 Å². The Morgan fingerprint density at radius 2 is 1.26 bits per heavy atom. The number of hydrogen-bond acceptors (Lipinski definition) is 10. The Bertz CT molecular complexity index is 2690. The van der Waals surface area contributed by atoms with Gasteiger partial charge in [0.25, 0.3) is 0 Å². The zero-order valence-corrected chi connectivity index (χ0v) is 36.7. The van der Waals surface area contributed by atoms with Crippen LogP contribution in [-0.2, 0) is 9.47 Å². The van der Waals surface area contributed by atoms with Crippen molar-refractivity contribution >= 4 is 51.2 Å². The topological polar surface area (TPSA) is 178 Å². The first-order valence-corrected chi connectivity index (χ1v) is 21.4. The van der Waals surface area contributed by atoms with Crippen LogP contribution in [0, 0.1) is 37.3 Å².